The van der Waals surface area contributed by atoms with Crippen molar-refractivity contribution < 1.29 is 4.79 Å². The van der Waals surface area contributed by atoms with Gasteiger partial charge in [0.2, 0.25) is 0 Å². The summed E-state index contributed by atoms with van der Waals surface area (Å²) >= 11 is 0. The average Bonchev–Trinajstić information content (AvgIpc) is 2.83. The van der Waals surface area contributed by atoms with Gasteiger partial charge in [-0.15, -0.1) is 0 Å². The van der Waals surface area contributed by atoms with Gasteiger partial charge >= 0.3 is 0 Å². The molecule has 0 aliphatic carbocycles. The number of carbonyl (C=O) groups excluding carboxylic acids is 1. The summed E-state index contributed by atoms with van der Waals surface area (Å²) in [5, 5.41) is 0. The number of hydrogen-bond donors (Lipinski definition) is 1. The fraction of sp³-hybridized carbons (Fsp3) is 0.538. The van der Waals surface area contributed by atoms with Crippen molar-refractivity contribution in [3.63, 3.8) is 0 Å². The number of rotatable bonds is 3. The zero-order valence-corrected chi connectivity index (χ0v) is 11.0. The number of likely N-dealkylation sites (tertiary alicyclic amines) is 1. The van der Waals surface area contributed by atoms with Crippen molar-refractivity contribution in [2.45, 2.75) is 19.0 Å². The van der Waals surface area contributed by atoms with Crippen LogP contribution in [-0.2, 0) is 6.54 Å². The Morgan fingerprint density at radius 2 is 2.44 bits per heavy atom. The first-order valence-electron chi connectivity index (χ1n) is 6.22. The molecule has 1 aliphatic rings. The molecule has 5 nitrogen and oxygen atoms in total. The molecule has 0 bridgehead atoms. The molecule has 1 aromatic heterocycles. The summed E-state index contributed by atoms with van der Waals surface area (Å²) in [6, 6.07) is 3.89. The molecule has 1 atom stereocenters. The fourth-order valence-electron chi connectivity index (χ4n) is 2.29. The van der Waals surface area contributed by atoms with Crippen molar-refractivity contribution >= 4 is 5.91 Å². The maximum atomic E-state index is 12.3. The minimum absolute atomic E-state index is 0.0226. The minimum atomic E-state index is -0.0226. The van der Waals surface area contributed by atoms with Gasteiger partial charge in [-0.25, -0.2) is 0 Å². The van der Waals surface area contributed by atoms with Crippen LogP contribution in [0, 0.1) is 0 Å². The van der Waals surface area contributed by atoms with E-state index in [0.29, 0.717) is 12.2 Å². The maximum absolute atomic E-state index is 12.3. The second-order valence-electron chi connectivity index (χ2n) is 4.87. The Kier molecular flexibility index (Phi) is 3.93. The molecule has 0 radical (unpaired) electrons. The van der Waals surface area contributed by atoms with E-state index in [1.54, 1.807) is 17.2 Å². The minimum Gasteiger partial charge on any atom is -0.336 e. The molecule has 2 heterocycles. The predicted molar refractivity (Wildman–Crippen MR) is 70.1 cm³/mol. The molecule has 1 unspecified atom stereocenters. The normalized spacial score (nSPS) is 20.1. The second-order valence-corrected chi connectivity index (χ2v) is 4.87. The molecule has 2 rings (SSSR count). The quantitative estimate of drug-likeness (QED) is 0.836. The zero-order chi connectivity index (χ0) is 13.1. The smallest absolute Gasteiger partial charge is 0.272 e. The zero-order valence-electron chi connectivity index (χ0n) is 11.0. The first kappa shape index (κ1) is 13.0. The van der Waals surface area contributed by atoms with E-state index < -0.39 is 0 Å². The van der Waals surface area contributed by atoms with Gasteiger partial charge in [0.05, 0.1) is 0 Å². The molecular weight excluding hydrogens is 228 g/mol. The highest BCUT2D eigenvalue weighted by atomic mass is 16.2. The lowest BCUT2D eigenvalue weighted by atomic mass is 10.2. The molecule has 1 aliphatic heterocycles. The molecule has 2 N–H and O–H groups in total. The molecular formula is C13H20N4O. The Morgan fingerprint density at radius 3 is 3.06 bits per heavy atom. The summed E-state index contributed by atoms with van der Waals surface area (Å²) in [7, 11) is 3.93. The van der Waals surface area contributed by atoms with Gasteiger partial charge in [-0.1, -0.05) is 0 Å². The summed E-state index contributed by atoms with van der Waals surface area (Å²) in [6.07, 6.45) is 2.67. The number of hydrogen-bond acceptors (Lipinski definition) is 4. The Balaban J connectivity index is 2.10. The van der Waals surface area contributed by atoms with Crippen LogP contribution in [0.3, 0.4) is 0 Å². The lowest BCUT2D eigenvalue weighted by Gasteiger charge is -2.24. The summed E-state index contributed by atoms with van der Waals surface area (Å²) in [5.74, 6) is -0.0226. The van der Waals surface area contributed by atoms with Gasteiger partial charge < -0.3 is 15.5 Å². The van der Waals surface area contributed by atoms with Gasteiger partial charge in [0.25, 0.3) is 5.91 Å². The molecule has 98 valence electrons. The highest BCUT2D eigenvalue weighted by Crippen LogP contribution is 2.15. The fourth-order valence-corrected chi connectivity index (χ4v) is 2.29. The predicted octanol–water partition coefficient (Wildman–Crippen LogP) is 0.316. The van der Waals surface area contributed by atoms with Crippen molar-refractivity contribution in [2.24, 2.45) is 5.73 Å². The number of nitrogens with zero attached hydrogens (tertiary/aromatic N) is 3. The van der Waals surface area contributed by atoms with Gasteiger partial charge in [-0.05, 0) is 37.7 Å². The number of pyridine rings is 1. The Hall–Kier alpha value is -1.46. The van der Waals surface area contributed by atoms with Crippen LogP contribution in [0.5, 0.6) is 0 Å². The van der Waals surface area contributed by atoms with E-state index in [1.807, 2.05) is 13.1 Å². The van der Waals surface area contributed by atoms with E-state index in [2.05, 4.69) is 16.9 Å². The first-order valence-corrected chi connectivity index (χ1v) is 6.22. The van der Waals surface area contributed by atoms with E-state index in [-0.39, 0.29) is 11.9 Å². The molecule has 18 heavy (non-hydrogen) atoms. The molecule has 5 heteroatoms. The Labute approximate surface area is 108 Å². The highest BCUT2D eigenvalue weighted by molar-refractivity contribution is 5.92. The van der Waals surface area contributed by atoms with Gasteiger partial charge in [0.15, 0.2) is 0 Å². The van der Waals surface area contributed by atoms with Crippen molar-refractivity contribution in [1.29, 1.82) is 0 Å². The maximum Gasteiger partial charge on any atom is 0.272 e. The van der Waals surface area contributed by atoms with Gasteiger partial charge in [0, 0.05) is 32.4 Å². The third kappa shape index (κ3) is 2.68. The van der Waals surface area contributed by atoms with Crippen LogP contribution in [0.1, 0.15) is 22.5 Å². The average molecular weight is 248 g/mol. The lowest BCUT2D eigenvalue weighted by molar-refractivity contribution is 0.0731. The van der Waals surface area contributed by atoms with E-state index in [1.165, 1.54) is 0 Å². The molecule has 1 fully saturated rings. The largest absolute Gasteiger partial charge is 0.336 e. The van der Waals surface area contributed by atoms with Gasteiger partial charge in [-0.3, -0.25) is 9.78 Å². The summed E-state index contributed by atoms with van der Waals surface area (Å²) in [6.45, 7) is 2.40. The third-order valence-corrected chi connectivity index (χ3v) is 3.51. The lowest BCUT2D eigenvalue weighted by Crippen LogP contribution is -2.39. The van der Waals surface area contributed by atoms with Crippen LogP contribution in [0.25, 0.3) is 0 Å². The standard InChI is InChI=1S/C13H20N4O/c1-16-6-4-11(9-16)17(2)13(18)12-7-10(8-14)3-5-15-12/h3,5,7,11H,4,6,8-9,14H2,1-2H3. The van der Waals surface area contributed by atoms with E-state index in [0.717, 1.165) is 25.1 Å². The third-order valence-electron chi connectivity index (χ3n) is 3.51. The van der Waals surface area contributed by atoms with Crippen molar-refractivity contribution in [3.05, 3.63) is 29.6 Å². The monoisotopic (exact) mass is 248 g/mol. The van der Waals surface area contributed by atoms with Crippen LogP contribution in [0.4, 0.5) is 0 Å². The summed E-state index contributed by atoms with van der Waals surface area (Å²) in [4.78, 5) is 20.5. The SMILES string of the molecule is CN1CCC(N(C)C(=O)c2cc(CN)ccn2)C1. The number of amides is 1. The number of aromatic nitrogens is 1. The van der Waals surface area contributed by atoms with Gasteiger partial charge in [-0.2, -0.15) is 0 Å². The Morgan fingerprint density at radius 1 is 1.67 bits per heavy atom. The molecule has 0 saturated carbocycles. The topological polar surface area (TPSA) is 62.5 Å². The second kappa shape index (κ2) is 5.46. The van der Waals surface area contributed by atoms with Gasteiger partial charge in [0.1, 0.15) is 5.69 Å². The molecule has 1 amide bonds. The van der Waals surface area contributed by atoms with Crippen LogP contribution in [-0.4, -0.2) is 53.9 Å². The van der Waals surface area contributed by atoms with E-state index in [4.69, 9.17) is 5.73 Å². The van der Waals surface area contributed by atoms with E-state index in [9.17, 15) is 4.79 Å². The summed E-state index contributed by atoms with van der Waals surface area (Å²) in [5.41, 5.74) is 6.99. The Bertz CT molecular complexity index is 435. The van der Waals surface area contributed by atoms with Crippen molar-refractivity contribution in [1.82, 2.24) is 14.8 Å². The molecule has 1 saturated heterocycles. The van der Waals surface area contributed by atoms with Crippen LogP contribution < -0.4 is 5.73 Å². The number of nitrogens with two attached hydrogens (primary N) is 1. The van der Waals surface area contributed by atoms with Crippen molar-refractivity contribution in [3.8, 4) is 0 Å². The van der Waals surface area contributed by atoms with E-state index >= 15 is 0 Å². The highest BCUT2D eigenvalue weighted by Gasteiger charge is 2.27. The number of carbonyl (C=O) groups is 1. The van der Waals surface area contributed by atoms with Crippen LogP contribution in [0.2, 0.25) is 0 Å². The molecule has 1 aromatic rings. The number of likely N-dealkylation sites (N-methyl/N-ethyl adjacent to an activating group) is 2. The van der Waals surface area contributed by atoms with Crippen LogP contribution in [0.15, 0.2) is 18.3 Å². The molecule has 0 spiro atoms. The first-order chi connectivity index (χ1) is 8.61. The van der Waals surface area contributed by atoms with Crippen molar-refractivity contribution in [2.75, 3.05) is 27.2 Å². The molecule has 0 aromatic carbocycles. The summed E-state index contributed by atoms with van der Waals surface area (Å²) < 4.78 is 0. The van der Waals surface area contributed by atoms with Crippen LogP contribution >= 0.6 is 0 Å².